The van der Waals surface area contributed by atoms with Crippen LogP contribution in [0.3, 0.4) is 0 Å². The smallest absolute Gasteiger partial charge is 0.411 e. The van der Waals surface area contributed by atoms with Crippen LogP contribution in [-0.2, 0) is 4.74 Å². The molecule has 9 nitrogen and oxygen atoms in total. The topological polar surface area (TPSA) is 111 Å². The number of hydrogen-bond acceptors (Lipinski definition) is 6. The zero-order valence-corrected chi connectivity index (χ0v) is 18.5. The number of rotatable bonds is 5. The molecule has 3 heterocycles. The van der Waals surface area contributed by atoms with Gasteiger partial charge in [0.05, 0.1) is 23.7 Å². The number of furan rings is 1. The van der Waals surface area contributed by atoms with E-state index in [1.54, 1.807) is 36.7 Å². The van der Waals surface area contributed by atoms with Crippen molar-refractivity contribution in [2.75, 3.05) is 10.6 Å². The number of nitrogens with one attached hydrogen (secondary N) is 2. The normalized spacial score (nSPS) is 11.0. The van der Waals surface area contributed by atoms with Gasteiger partial charge in [0.2, 0.25) is 5.78 Å². The number of benzene rings is 1. The molecule has 0 atom stereocenters. The first kappa shape index (κ1) is 21.5. The van der Waals surface area contributed by atoms with Crippen LogP contribution in [0.25, 0.3) is 17.0 Å². The molecule has 0 aliphatic heterocycles. The minimum Gasteiger partial charge on any atom is -0.447 e. The number of aromatic nitrogens is 3. The summed E-state index contributed by atoms with van der Waals surface area (Å²) in [5.41, 5.74) is 1.22. The number of imidazole rings is 1. The van der Waals surface area contributed by atoms with Gasteiger partial charge in [-0.1, -0.05) is 0 Å². The quantitative estimate of drug-likeness (QED) is 0.393. The van der Waals surface area contributed by atoms with Crippen molar-refractivity contribution in [1.29, 1.82) is 0 Å². The van der Waals surface area contributed by atoms with Gasteiger partial charge in [-0.3, -0.25) is 14.5 Å². The number of anilines is 2. The Bertz CT molecular complexity index is 1320. The third kappa shape index (κ3) is 4.78. The van der Waals surface area contributed by atoms with E-state index in [9.17, 15) is 14.0 Å². The van der Waals surface area contributed by atoms with Crippen molar-refractivity contribution in [3.05, 3.63) is 65.2 Å². The van der Waals surface area contributed by atoms with Gasteiger partial charge in [-0.2, -0.15) is 0 Å². The molecule has 164 valence electrons. The molecule has 11 heteroatoms. The van der Waals surface area contributed by atoms with E-state index in [2.05, 4.69) is 36.5 Å². The number of ether oxygens (including phenoxy) is 1. The summed E-state index contributed by atoms with van der Waals surface area (Å²) in [6.45, 7) is 3.48. The number of carbonyl (C=O) groups is 2. The highest BCUT2D eigenvalue weighted by Gasteiger charge is 2.15. The second-order valence-electron chi connectivity index (χ2n) is 7.01. The molecule has 0 spiro atoms. The summed E-state index contributed by atoms with van der Waals surface area (Å²) < 4.78 is 26.8. The maximum absolute atomic E-state index is 14.5. The van der Waals surface area contributed by atoms with Crippen LogP contribution in [0.1, 0.15) is 24.4 Å². The van der Waals surface area contributed by atoms with Crippen LogP contribution in [0.5, 0.6) is 0 Å². The second-order valence-corrected chi connectivity index (χ2v) is 7.79. The summed E-state index contributed by atoms with van der Waals surface area (Å²) in [6.07, 6.45) is 3.69. The first-order valence-electron chi connectivity index (χ1n) is 9.47. The van der Waals surface area contributed by atoms with Crippen molar-refractivity contribution in [1.82, 2.24) is 14.4 Å². The zero-order valence-electron chi connectivity index (χ0n) is 16.9. The number of carbonyl (C=O) groups excluding carboxylic acids is 2. The number of halogens is 2. The van der Waals surface area contributed by atoms with Crippen LogP contribution in [0.2, 0.25) is 0 Å². The third-order valence-electron chi connectivity index (χ3n) is 4.20. The fourth-order valence-corrected chi connectivity index (χ4v) is 3.18. The van der Waals surface area contributed by atoms with E-state index in [0.717, 1.165) is 0 Å². The van der Waals surface area contributed by atoms with E-state index in [1.807, 2.05) is 0 Å². The summed E-state index contributed by atoms with van der Waals surface area (Å²) in [4.78, 5) is 32.6. The molecule has 0 aliphatic carbocycles. The molecule has 3 aromatic heterocycles. The molecule has 32 heavy (non-hydrogen) atoms. The Morgan fingerprint density at radius 1 is 1.16 bits per heavy atom. The summed E-state index contributed by atoms with van der Waals surface area (Å²) >= 11 is 3.14. The highest BCUT2D eigenvalue weighted by molar-refractivity contribution is 9.10. The predicted octanol–water partition coefficient (Wildman–Crippen LogP) is 5.10. The third-order valence-corrected chi connectivity index (χ3v) is 4.62. The van der Waals surface area contributed by atoms with E-state index in [-0.39, 0.29) is 17.4 Å². The summed E-state index contributed by atoms with van der Waals surface area (Å²) in [5, 5.41) is 5.22. The highest BCUT2D eigenvalue weighted by atomic mass is 79.9. The van der Waals surface area contributed by atoms with E-state index in [1.165, 1.54) is 30.5 Å². The Kier molecular flexibility index (Phi) is 5.91. The Morgan fingerprint density at radius 3 is 2.69 bits per heavy atom. The predicted molar refractivity (Wildman–Crippen MR) is 118 cm³/mol. The van der Waals surface area contributed by atoms with Crippen LogP contribution in [-0.4, -0.2) is 32.5 Å². The summed E-state index contributed by atoms with van der Waals surface area (Å²) in [6, 6.07) is 7.24. The van der Waals surface area contributed by atoms with Crippen LogP contribution in [0.15, 0.2) is 58.0 Å². The summed E-state index contributed by atoms with van der Waals surface area (Å²) in [5.74, 6) is -0.590. The number of amides is 2. The lowest BCUT2D eigenvalue weighted by Gasteiger charge is -2.09. The fourth-order valence-electron chi connectivity index (χ4n) is 2.87. The second kappa shape index (κ2) is 8.79. The van der Waals surface area contributed by atoms with Crippen molar-refractivity contribution >= 4 is 45.1 Å². The average molecular weight is 502 g/mol. The molecule has 0 saturated heterocycles. The molecule has 0 aliphatic rings. The average Bonchev–Trinajstić information content (AvgIpc) is 3.34. The molecule has 0 unspecified atom stereocenters. The van der Waals surface area contributed by atoms with Crippen molar-refractivity contribution in [2.24, 2.45) is 0 Å². The van der Waals surface area contributed by atoms with Crippen molar-refractivity contribution in [3.63, 3.8) is 0 Å². The largest absolute Gasteiger partial charge is 0.447 e. The molecular weight excluding hydrogens is 485 g/mol. The van der Waals surface area contributed by atoms with Crippen LogP contribution in [0.4, 0.5) is 20.6 Å². The molecule has 0 bridgehead atoms. The van der Waals surface area contributed by atoms with Crippen molar-refractivity contribution in [2.45, 2.75) is 20.0 Å². The van der Waals surface area contributed by atoms with Crippen LogP contribution < -0.4 is 10.6 Å². The van der Waals surface area contributed by atoms with Gasteiger partial charge >= 0.3 is 6.09 Å². The minimum atomic E-state index is -0.612. The van der Waals surface area contributed by atoms with E-state index in [4.69, 9.17) is 9.15 Å². The maximum Gasteiger partial charge on any atom is 0.411 e. The first-order valence-corrected chi connectivity index (χ1v) is 10.3. The number of hydrogen-bond donors (Lipinski definition) is 2. The summed E-state index contributed by atoms with van der Waals surface area (Å²) in [7, 11) is 0. The Hall–Kier alpha value is -3.73. The number of nitrogens with zero attached hydrogens (tertiary/aromatic N) is 3. The Morgan fingerprint density at radius 2 is 1.97 bits per heavy atom. The Labute approximate surface area is 189 Å². The lowest BCUT2D eigenvalue weighted by Crippen LogP contribution is -2.18. The van der Waals surface area contributed by atoms with E-state index < -0.39 is 17.8 Å². The monoisotopic (exact) mass is 501 g/mol. The van der Waals surface area contributed by atoms with Gasteiger partial charge in [-0.05, 0) is 60.1 Å². The van der Waals surface area contributed by atoms with E-state index in [0.29, 0.717) is 27.5 Å². The van der Waals surface area contributed by atoms with Gasteiger partial charge in [0.15, 0.2) is 10.4 Å². The number of fused-ring (bicyclic) bond motifs is 1. The highest BCUT2D eigenvalue weighted by Crippen LogP contribution is 2.26. The molecule has 0 radical (unpaired) electrons. The van der Waals surface area contributed by atoms with Gasteiger partial charge in [0.1, 0.15) is 5.82 Å². The standard InChI is InChI=1S/C21H17BrFN5O4/c1-11(2)31-21(30)26-13-8-24-20-27-16(10-28(20)9-13)14-7-12(3-4-15(14)23)25-19(29)17-5-6-18(22)32-17/h3-11H,1-2H3,(H,25,29)(H,26,30). The molecule has 1 aromatic carbocycles. The van der Waals surface area contributed by atoms with Crippen molar-refractivity contribution in [3.8, 4) is 11.3 Å². The van der Waals surface area contributed by atoms with Gasteiger partial charge in [0, 0.05) is 23.6 Å². The first-order chi connectivity index (χ1) is 15.3. The van der Waals surface area contributed by atoms with E-state index >= 15 is 0 Å². The van der Waals surface area contributed by atoms with Crippen LogP contribution >= 0.6 is 15.9 Å². The van der Waals surface area contributed by atoms with Gasteiger partial charge in [-0.15, -0.1) is 0 Å². The van der Waals surface area contributed by atoms with Crippen LogP contribution in [0, 0.1) is 5.82 Å². The minimum absolute atomic E-state index is 0.107. The molecule has 4 rings (SSSR count). The zero-order chi connectivity index (χ0) is 22.8. The SMILES string of the molecule is CC(C)OC(=O)Nc1cnc2nc(-c3cc(NC(=O)c4ccc(Br)o4)ccc3F)cn2c1. The lowest BCUT2D eigenvalue weighted by molar-refractivity contribution is 0.0995. The maximum atomic E-state index is 14.5. The Balaban J connectivity index is 1.58. The van der Waals surface area contributed by atoms with Gasteiger partial charge < -0.3 is 14.5 Å². The van der Waals surface area contributed by atoms with Gasteiger partial charge in [0.25, 0.3) is 5.91 Å². The molecule has 4 aromatic rings. The molecular formula is C21H17BrFN5O4. The molecule has 0 saturated carbocycles. The van der Waals surface area contributed by atoms with Crippen molar-refractivity contribution < 1.29 is 23.1 Å². The molecule has 2 amide bonds. The molecule has 0 fully saturated rings. The molecule has 2 N–H and O–H groups in total. The van der Waals surface area contributed by atoms with Gasteiger partial charge in [-0.25, -0.2) is 19.2 Å². The lowest BCUT2D eigenvalue weighted by atomic mass is 10.1. The fraction of sp³-hybridized carbons (Fsp3) is 0.143.